The molecule has 3 aliphatic heterocycles. The normalized spacial score (nSPS) is 29.9. The number of nitrogens with two attached hydrogens (primary N) is 2. The average molecular weight is 600 g/mol. The second-order valence-corrected chi connectivity index (χ2v) is 13.6. The molecule has 2 aliphatic carbocycles. The highest BCUT2D eigenvalue weighted by atomic mass is 35.5. The maximum absolute atomic E-state index is 14.4. The molecule has 3 atom stereocenters. The lowest BCUT2D eigenvalue weighted by Crippen LogP contribution is -2.54. The first-order chi connectivity index (χ1) is 20.0. The molecule has 0 radical (unpaired) electrons. The van der Waals surface area contributed by atoms with Crippen LogP contribution in [0.25, 0.3) is 0 Å². The molecule has 6 rings (SSSR count). The van der Waals surface area contributed by atoms with E-state index in [1.54, 1.807) is 29.0 Å². The van der Waals surface area contributed by atoms with E-state index >= 15 is 0 Å². The first-order valence-corrected chi connectivity index (χ1v) is 15.7. The largest absolute Gasteiger partial charge is 0.487 e. The quantitative estimate of drug-likeness (QED) is 0.418. The Morgan fingerprint density at radius 2 is 1.90 bits per heavy atom. The zero-order valence-electron chi connectivity index (χ0n) is 24.4. The molecule has 1 aromatic carbocycles. The van der Waals surface area contributed by atoms with Crippen molar-refractivity contribution < 1.29 is 24.2 Å². The fourth-order valence-electron chi connectivity index (χ4n) is 7.63. The molecule has 10 nitrogen and oxygen atoms in total. The number of carbonyl (C=O) groups excluding carboxylic acids is 2. The first kappa shape index (κ1) is 29.1. The number of benzene rings is 1. The molecule has 228 valence electrons. The summed E-state index contributed by atoms with van der Waals surface area (Å²) in [6.07, 6.45) is 7.52. The smallest absolute Gasteiger partial charge is 0.310 e. The third-order valence-corrected chi connectivity index (χ3v) is 10.8. The number of likely N-dealkylation sites (tertiary alicyclic amines) is 1. The van der Waals surface area contributed by atoms with Crippen LogP contribution >= 0.6 is 11.6 Å². The molecule has 2 amide bonds. The first-order valence-electron chi connectivity index (χ1n) is 15.3. The van der Waals surface area contributed by atoms with E-state index in [4.69, 9.17) is 27.9 Å². The van der Waals surface area contributed by atoms with Gasteiger partial charge in [-0.1, -0.05) is 24.4 Å². The van der Waals surface area contributed by atoms with Crippen molar-refractivity contribution in [1.82, 2.24) is 14.8 Å². The van der Waals surface area contributed by atoms with Gasteiger partial charge in [-0.15, -0.1) is 0 Å². The molecule has 1 aromatic rings. The van der Waals surface area contributed by atoms with Crippen LogP contribution in [0.2, 0.25) is 5.02 Å². The predicted octanol–water partition coefficient (Wildman–Crippen LogP) is 3.93. The molecule has 11 heteroatoms. The van der Waals surface area contributed by atoms with Crippen molar-refractivity contribution in [3.05, 3.63) is 39.7 Å². The Labute approximate surface area is 251 Å². The molecular formula is C31H42ClN5O5. The van der Waals surface area contributed by atoms with Gasteiger partial charge in [0, 0.05) is 36.6 Å². The van der Waals surface area contributed by atoms with Gasteiger partial charge in [0.2, 0.25) is 11.8 Å². The Balaban J connectivity index is 1.39. The summed E-state index contributed by atoms with van der Waals surface area (Å²) in [6.45, 7) is 3.44. The predicted molar refractivity (Wildman–Crippen MR) is 157 cm³/mol. The molecule has 3 heterocycles. The number of aliphatic carboxylic acids is 1. The van der Waals surface area contributed by atoms with Crippen molar-refractivity contribution in [2.75, 3.05) is 26.2 Å². The molecular weight excluding hydrogens is 558 g/mol. The average Bonchev–Trinajstić information content (AvgIpc) is 3.65. The molecule has 4 fully saturated rings. The van der Waals surface area contributed by atoms with E-state index in [0.717, 1.165) is 62.8 Å². The minimum absolute atomic E-state index is 0.00123. The Kier molecular flexibility index (Phi) is 7.58. The SMILES string of the molecule is C[C@]1(C(=O)O)CCCCC1C(=O)N1CCc2c(Cl)ccc(OC/C(N)=C3\CCCCN3N)c2C1N1CC2(CC2)CC1=O. The summed E-state index contributed by atoms with van der Waals surface area (Å²) in [5.41, 5.74) is 8.24. The van der Waals surface area contributed by atoms with Crippen molar-refractivity contribution in [3.63, 3.8) is 0 Å². The minimum atomic E-state index is -1.16. The number of carboxylic acids is 1. The molecule has 2 unspecified atom stereocenters. The van der Waals surface area contributed by atoms with Crippen LogP contribution in [0.5, 0.6) is 5.75 Å². The van der Waals surface area contributed by atoms with Crippen molar-refractivity contribution in [1.29, 1.82) is 0 Å². The van der Waals surface area contributed by atoms with Gasteiger partial charge in [0.1, 0.15) is 18.5 Å². The van der Waals surface area contributed by atoms with E-state index in [1.807, 2.05) is 4.90 Å². The van der Waals surface area contributed by atoms with E-state index in [9.17, 15) is 19.5 Å². The Hall–Kier alpha value is -2.98. The number of amides is 2. The van der Waals surface area contributed by atoms with Gasteiger partial charge in [-0.05, 0) is 81.4 Å². The Bertz CT molecular complexity index is 1330. The molecule has 0 aromatic heterocycles. The molecule has 42 heavy (non-hydrogen) atoms. The van der Waals surface area contributed by atoms with Crippen molar-refractivity contribution >= 4 is 29.4 Å². The molecule has 2 saturated carbocycles. The van der Waals surface area contributed by atoms with Crippen molar-refractivity contribution in [2.45, 2.75) is 83.7 Å². The zero-order chi connectivity index (χ0) is 29.8. The number of piperidine rings is 1. The highest BCUT2D eigenvalue weighted by Crippen LogP contribution is 2.56. The number of allylic oxidation sites excluding steroid dienone is 1. The van der Waals surface area contributed by atoms with Crippen molar-refractivity contribution in [3.8, 4) is 5.75 Å². The van der Waals surface area contributed by atoms with E-state index < -0.39 is 23.5 Å². The fourth-order valence-corrected chi connectivity index (χ4v) is 7.89. The number of carboxylic acid groups (broad SMARTS) is 1. The second kappa shape index (κ2) is 10.9. The Morgan fingerprint density at radius 3 is 2.60 bits per heavy atom. The molecule has 5 aliphatic rings. The summed E-state index contributed by atoms with van der Waals surface area (Å²) < 4.78 is 6.37. The van der Waals surface area contributed by atoms with Gasteiger partial charge < -0.3 is 30.4 Å². The number of hydrazine groups is 1. The Morgan fingerprint density at radius 1 is 1.12 bits per heavy atom. The number of halogens is 1. The number of rotatable bonds is 6. The summed E-state index contributed by atoms with van der Waals surface area (Å²) in [5, 5.41) is 12.4. The lowest BCUT2D eigenvalue weighted by Gasteiger charge is -2.47. The van der Waals surface area contributed by atoms with Crippen LogP contribution in [0.4, 0.5) is 0 Å². The van der Waals surface area contributed by atoms with E-state index in [1.165, 1.54) is 0 Å². The number of fused-ring (bicyclic) bond motifs is 1. The van der Waals surface area contributed by atoms with Gasteiger partial charge in [0.25, 0.3) is 0 Å². The van der Waals surface area contributed by atoms with Gasteiger partial charge in [-0.3, -0.25) is 14.4 Å². The van der Waals surface area contributed by atoms with E-state index in [0.29, 0.717) is 60.8 Å². The summed E-state index contributed by atoms with van der Waals surface area (Å²) >= 11 is 6.76. The topological polar surface area (TPSA) is 142 Å². The monoisotopic (exact) mass is 599 g/mol. The second-order valence-electron chi connectivity index (χ2n) is 13.2. The van der Waals surface area contributed by atoms with Crippen LogP contribution in [-0.2, 0) is 20.8 Å². The lowest BCUT2D eigenvalue weighted by atomic mass is 9.66. The van der Waals surface area contributed by atoms with Crippen LogP contribution in [0.1, 0.15) is 88.4 Å². The number of nitrogens with zero attached hydrogens (tertiary/aromatic N) is 3. The van der Waals surface area contributed by atoms with Crippen LogP contribution in [0.3, 0.4) is 0 Å². The summed E-state index contributed by atoms with van der Waals surface area (Å²) in [4.78, 5) is 44.1. The van der Waals surface area contributed by atoms with Gasteiger partial charge in [-0.2, -0.15) is 0 Å². The third-order valence-electron chi connectivity index (χ3n) is 10.5. The van der Waals surface area contributed by atoms with E-state index in [-0.39, 0.29) is 23.8 Å². The highest BCUT2D eigenvalue weighted by molar-refractivity contribution is 6.31. The van der Waals surface area contributed by atoms with Crippen LogP contribution in [-0.4, -0.2) is 63.9 Å². The van der Waals surface area contributed by atoms with Gasteiger partial charge in [0.15, 0.2) is 0 Å². The maximum Gasteiger partial charge on any atom is 0.310 e. The number of hydrogen-bond acceptors (Lipinski definition) is 7. The summed E-state index contributed by atoms with van der Waals surface area (Å²) in [5.74, 6) is 4.87. The van der Waals surface area contributed by atoms with Crippen LogP contribution < -0.4 is 16.3 Å². The number of hydrogen-bond donors (Lipinski definition) is 3. The number of carbonyl (C=O) groups is 3. The van der Waals surface area contributed by atoms with Crippen LogP contribution in [0, 0.1) is 16.7 Å². The van der Waals surface area contributed by atoms with Gasteiger partial charge in [-0.25, -0.2) is 5.84 Å². The maximum atomic E-state index is 14.4. The third kappa shape index (κ3) is 5.00. The molecule has 2 saturated heterocycles. The van der Waals surface area contributed by atoms with Crippen molar-refractivity contribution in [2.24, 2.45) is 28.3 Å². The summed E-state index contributed by atoms with van der Waals surface area (Å²) in [6, 6.07) is 3.58. The number of ether oxygens (including phenoxy) is 1. The standard InChI is InChI=1S/C31H42ClN5O5/c1-30(29(40)41)11-4-2-6-20(30)28(39)35-15-10-19-21(32)8-9-24(42-17-22(33)23-7-3-5-14-37(23)34)26(19)27(35)36-18-31(12-13-31)16-25(36)38/h8-9,20,27H,2-7,10-18,33-34H2,1H3,(H,40,41)/b23-22-/t20?,27?,30-/m0/s1. The van der Waals surface area contributed by atoms with Gasteiger partial charge in [0.05, 0.1) is 22.7 Å². The lowest BCUT2D eigenvalue weighted by molar-refractivity contribution is -0.165. The minimum Gasteiger partial charge on any atom is -0.487 e. The highest BCUT2D eigenvalue weighted by Gasteiger charge is 2.56. The van der Waals surface area contributed by atoms with Crippen LogP contribution in [0.15, 0.2) is 23.5 Å². The fraction of sp³-hybridized carbons (Fsp3) is 0.645. The molecule has 1 spiro atoms. The zero-order valence-corrected chi connectivity index (χ0v) is 25.1. The summed E-state index contributed by atoms with van der Waals surface area (Å²) in [7, 11) is 0. The molecule has 0 bridgehead atoms. The van der Waals surface area contributed by atoms with Gasteiger partial charge >= 0.3 is 5.97 Å². The molecule has 5 N–H and O–H groups in total. The van der Waals surface area contributed by atoms with E-state index in [2.05, 4.69) is 0 Å².